The number of nitrogens with zero attached hydrogens (tertiary/aromatic N) is 1. The van der Waals surface area contributed by atoms with Gasteiger partial charge in [0.25, 0.3) is 0 Å². The molecule has 1 saturated heterocycles. The van der Waals surface area contributed by atoms with Crippen LogP contribution in [0.4, 0.5) is 0 Å². The molecular weight excluding hydrogens is 184 g/mol. The van der Waals surface area contributed by atoms with Crippen molar-refractivity contribution in [1.29, 1.82) is 0 Å². The zero-order valence-electron chi connectivity index (χ0n) is 10.9. The summed E-state index contributed by atoms with van der Waals surface area (Å²) in [6.45, 7) is 14.2. The Balaban J connectivity index is 2.40. The minimum absolute atomic E-state index is 0.718. The van der Waals surface area contributed by atoms with Gasteiger partial charge in [-0.05, 0) is 64.7 Å². The molecular formula is C13H28N2. The molecule has 2 unspecified atom stereocenters. The van der Waals surface area contributed by atoms with E-state index >= 15 is 0 Å². The van der Waals surface area contributed by atoms with Crippen molar-refractivity contribution in [2.75, 3.05) is 26.2 Å². The van der Waals surface area contributed by atoms with E-state index in [2.05, 4.69) is 37.9 Å². The van der Waals surface area contributed by atoms with Gasteiger partial charge < -0.3 is 10.2 Å². The SMILES string of the molecule is CCNCC1CCN(C(C)C)CCC1C. The van der Waals surface area contributed by atoms with Crippen molar-refractivity contribution in [2.45, 2.75) is 46.6 Å². The highest BCUT2D eigenvalue weighted by molar-refractivity contribution is 4.77. The third kappa shape index (κ3) is 4.12. The molecule has 1 aliphatic rings. The van der Waals surface area contributed by atoms with Crippen molar-refractivity contribution < 1.29 is 0 Å². The molecule has 1 N–H and O–H groups in total. The summed E-state index contributed by atoms with van der Waals surface area (Å²) in [4.78, 5) is 2.63. The smallest absolute Gasteiger partial charge is 0.00385 e. The maximum Gasteiger partial charge on any atom is 0.00385 e. The molecule has 0 radical (unpaired) electrons. The summed E-state index contributed by atoms with van der Waals surface area (Å²) in [5, 5.41) is 3.50. The predicted octanol–water partition coefficient (Wildman–Crippen LogP) is 2.35. The lowest BCUT2D eigenvalue weighted by Crippen LogP contribution is -2.32. The van der Waals surface area contributed by atoms with Crippen LogP contribution in [0.2, 0.25) is 0 Å². The first-order valence-corrected chi connectivity index (χ1v) is 6.59. The van der Waals surface area contributed by atoms with Crippen LogP contribution in [-0.2, 0) is 0 Å². The Bertz CT molecular complexity index is 168. The Labute approximate surface area is 95.4 Å². The fourth-order valence-corrected chi connectivity index (χ4v) is 2.48. The average Bonchev–Trinajstić information content (AvgIpc) is 2.38. The lowest BCUT2D eigenvalue weighted by atomic mass is 9.89. The largest absolute Gasteiger partial charge is 0.317 e. The summed E-state index contributed by atoms with van der Waals surface area (Å²) in [7, 11) is 0. The summed E-state index contributed by atoms with van der Waals surface area (Å²) in [6, 6.07) is 0.718. The summed E-state index contributed by atoms with van der Waals surface area (Å²) < 4.78 is 0. The molecule has 1 fully saturated rings. The summed E-state index contributed by atoms with van der Waals surface area (Å²) >= 11 is 0. The normalized spacial score (nSPS) is 29.4. The molecule has 0 amide bonds. The summed E-state index contributed by atoms with van der Waals surface area (Å²) in [5.74, 6) is 1.77. The van der Waals surface area contributed by atoms with Gasteiger partial charge in [0.2, 0.25) is 0 Å². The first kappa shape index (κ1) is 13.0. The predicted molar refractivity (Wildman–Crippen MR) is 67.1 cm³/mol. The van der Waals surface area contributed by atoms with Gasteiger partial charge in [-0.1, -0.05) is 13.8 Å². The van der Waals surface area contributed by atoms with Crippen molar-refractivity contribution in [3.63, 3.8) is 0 Å². The molecule has 2 nitrogen and oxygen atoms in total. The van der Waals surface area contributed by atoms with Crippen LogP contribution in [0.3, 0.4) is 0 Å². The molecule has 1 heterocycles. The van der Waals surface area contributed by atoms with Crippen LogP contribution in [-0.4, -0.2) is 37.1 Å². The molecule has 0 aromatic carbocycles. The Hall–Kier alpha value is -0.0800. The maximum atomic E-state index is 3.50. The third-order valence-corrected chi connectivity index (χ3v) is 3.85. The Kier molecular flexibility index (Phi) is 5.62. The van der Waals surface area contributed by atoms with E-state index in [4.69, 9.17) is 0 Å². The van der Waals surface area contributed by atoms with Crippen LogP contribution < -0.4 is 5.32 Å². The van der Waals surface area contributed by atoms with Crippen LogP contribution in [0.1, 0.15) is 40.5 Å². The number of nitrogens with one attached hydrogen (secondary N) is 1. The van der Waals surface area contributed by atoms with Crippen LogP contribution in [0.25, 0.3) is 0 Å². The molecule has 0 aromatic rings. The van der Waals surface area contributed by atoms with Gasteiger partial charge >= 0.3 is 0 Å². The molecule has 0 spiro atoms. The highest BCUT2D eigenvalue weighted by Crippen LogP contribution is 2.24. The lowest BCUT2D eigenvalue weighted by Gasteiger charge is -2.24. The van der Waals surface area contributed by atoms with E-state index in [0.717, 1.165) is 24.4 Å². The number of hydrogen-bond acceptors (Lipinski definition) is 2. The van der Waals surface area contributed by atoms with E-state index in [9.17, 15) is 0 Å². The van der Waals surface area contributed by atoms with E-state index in [1.54, 1.807) is 0 Å². The monoisotopic (exact) mass is 212 g/mol. The van der Waals surface area contributed by atoms with Crippen LogP contribution in [0.5, 0.6) is 0 Å². The fourth-order valence-electron chi connectivity index (χ4n) is 2.48. The van der Waals surface area contributed by atoms with Crippen molar-refractivity contribution >= 4 is 0 Å². The van der Waals surface area contributed by atoms with Crippen molar-refractivity contribution in [2.24, 2.45) is 11.8 Å². The first-order chi connectivity index (χ1) is 7.15. The number of rotatable bonds is 4. The second kappa shape index (κ2) is 6.49. The second-order valence-corrected chi connectivity index (χ2v) is 5.25. The van der Waals surface area contributed by atoms with E-state index in [-0.39, 0.29) is 0 Å². The Morgan fingerprint density at radius 1 is 1.27 bits per heavy atom. The zero-order valence-corrected chi connectivity index (χ0v) is 10.9. The second-order valence-electron chi connectivity index (χ2n) is 5.25. The van der Waals surface area contributed by atoms with E-state index in [1.807, 2.05) is 0 Å². The van der Waals surface area contributed by atoms with E-state index in [0.29, 0.717) is 0 Å². The quantitative estimate of drug-likeness (QED) is 0.769. The van der Waals surface area contributed by atoms with E-state index in [1.165, 1.54) is 32.5 Å². The molecule has 1 aliphatic heterocycles. The highest BCUT2D eigenvalue weighted by atomic mass is 15.1. The van der Waals surface area contributed by atoms with Gasteiger partial charge in [0.05, 0.1) is 0 Å². The Morgan fingerprint density at radius 3 is 2.53 bits per heavy atom. The maximum absolute atomic E-state index is 3.50. The van der Waals surface area contributed by atoms with Gasteiger partial charge in [-0.25, -0.2) is 0 Å². The summed E-state index contributed by atoms with van der Waals surface area (Å²) in [6.07, 6.45) is 2.74. The molecule has 90 valence electrons. The standard InChI is InChI=1S/C13H28N2/c1-5-14-10-13-7-9-15(11(2)3)8-6-12(13)4/h11-14H,5-10H2,1-4H3. The van der Waals surface area contributed by atoms with Crippen LogP contribution in [0, 0.1) is 11.8 Å². The van der Waals surface area contributed by atoms with Crippen LogP contribution >= 0.6 is 0 Å². The number of likely N-dealkylation sites (tertiary alicyclic amines) is 1. The molecule has 2 atom stereocenters. The molecule has 0 aromatic heterocycles. The third-order valence-electron chi connectivity index (χ3n) is 3.85. The topological polar surface area (TPSA) is 15.3 Å². The minimum Gasteiger partial charge on any atom is -0.317 e. The molecule has 0 aliphatic carbocycles. The first-order valence-electron chi connectivity index (χ1n) is 6.59. The zero-order chi connectivity index (χ0) is 11.3. The Morgan fingerprint density at radius 2 is 1.93 bits per heavy atom. The van der Waals surface area contributed by atoms with Gasteiger partial charge in [0.15, 0.2) is 0 Å². The van der Waals surface area contributed by atoms with Gasteiger partial charge in [-0.3, -0.25) is 0 Å². The molecule has 0 bridgehead atoms. The van der Waals surface area contributed by atoms with Crippen molar-refractivity contribution in [1.82, 2.24) is 10.2 Å². The van der Waals surface area contributed by atoms with E-state index < -0.39 is 0 Å². The molecule has 15 heavy (non-hydrogen) atoms. The molecule has 2 heteroatoms. The van der Waals surface area contributed by atoms with Crippen LogP contribution in [0.15, 0.2) is 0 Å². The fraction of sp³-hybridized carbons (Fsp3) is 1.00. The molecule has 1 rings (SSSR count). The van der Waals surface area contributed by atoms with Crippen molar-refractivity contribution in [3.8, 4) is 0 Å². The van der Waals surface area contributed by atoms with Gasteiger partial charge in [0.1, 0.15) is 0 Å². The average molecular weight is 212 g/mol. The van der Waals surface area contributed by atoms with Gasteiger partial charge in [-0.2, -0.15) is 0 Å². The lowest BCUT2D eigenvalue weighted by molar-refractivity contribution is 0.227. The van der Waals surface area contributed by atoms with Crippen molar-refractivity contribution in [3.05, 3.63) is 0 Å². The van der Waals surface area contributed by atoms with Gasteiger partial charge in [-0.15, -0.1) is 0 Å². The summed E-state index contributed by atoms with van der Waals surface area (Å²) in [5.41, 5.74) is 0. The highest BCUT2D eigenvalue weighted by Gasteiger charge is 2.23. The minimum atomic E-state index is 0.718. The molecule has 0 saturated carbocycles. The number of hydrogen-bond donors (Lipinski definition) is 1. The van der Waals surface area contributed by atoms with Gasteiger partial charge in [0, 0.05) is 6.04 Å².